The third-order valence-corrected chi connectivity index (χ3v) is 4.05. The highest BCUT2D eigenvalue weighted by Gasteiger charge is 2.22. The lowest BCUT2D eigenvalue weighted by Gasteiger charge is -2.10. The number of carboxylic acid groups (broad SMARTS) is 1. The summed E-state index contributed by atoms with van der Waals surface area (Å²) in [6, 6.07) is 20.1. The van der Waals surface area contributed by atoms with Crippen LogP contribution in [0.1, 0.15) is 16.4 Å². The Bertz CT molecular complexity index is 457. The van der Waals surface area contributed by atoms with Crippen molar-refractivity contribution in [3.8, 4) is 0 Å². The average molecular weight is 259 g/mol. The number of carbonyl (C=O) groups is 1. The van der Waals surface area contributed by atoms with Gasteiger partial charge in [0.1, 0.15) is 0 Å². The Morgan fingerprint density at radius 3 is 1.78 bits per heavy atom. The topological polar surface area (TPSA) is 37.3 Å². The summed E-state index contributed by atoms with van der Waals surface area (Å²) in [5.74, 6) is -0.595. The van der Waals surface area contributed by atoms with Gasteiger partial charge in [0, 0.05) is 11.1 Å². The lowest BCUT2D eigenvalue weighted by Crippen LogP contribution is -2.12. The Morgan fingerprint density at radius 2 is 1.39 bits per heavy atom. The Labute approximate surface area is 111 Å². The highest BCUT2D eigenvalue weighted by Crippen LogP contribution is 2.25. The van der Waals surface area contributed by atoms with E-state index in [1.54, 1.807) is 0 Å². The van der Waals surface area contributed by atoms with Gasteiger partial charge < -0.3 is 5.11 Å². The molecule has 0 aliphatic rings. The minimum absolute atomic E-state index is 0.128. The maximum absolute atomic E-state index is 10.8. The lowest BCUT2D eigenvalue weighted by atomic mass is 10.0. The molecule has 0 fully saturated rings. The van der Waals surface area contributed by atoms with E-state index in [1.165, 1.54) is 0 Å². The Hall–Kier alpha value is -1.74. The van der Waals surface area contributed by atoms with E-state index < -0.39 is 5.97 Å². The first-order chi connectivity index (χ1) is 8.77. The molecule has 0 aliphatic carbocycles. The smallest absolute Gasteiger partial charge is 0.353 e. The van der Waals surface area contributed by atoms with Crippen molar-refractivity contribution in [1.29, 1.82) is 0 Å². The molecule has 2 nitrogen and oxygen atoms in total. The normalized spacial score (nSPS) is 10.5. The summed E-state index contributed by atoms with van der Waals surface area (Å²) in [4.78, 5) is 10.8. The molecule has 1 N–H and O–H groups in total. The highest BCUT2D eigenvalue weighted by molar-refractivity contribution is 7.79. The predicted molar refractivity (Wildman–Crippen MR) is 76.0 cm³/mol. The molecule has 0 radical (unpaired) electrons. The Balaban J connectivity index is 2.26. The SMILES string of the molecule is O=C(O)C[SH+]C(c1ccccc1)c1ccccc1. The van der Waals surface area contributed by atoms with E-state index in [0.29, 0.717) is 0 Å². The number of aliphatic carboxylic acids is 1. The molecule has 0 saturated carbocycles. The second kappa shape index (κ2) is 6.26. The number of hydrogen-bond donors (Lipinski definition) is 1. The van der Waals surface area contributed by atoms with Crippen LogP contribution < -0.4 is 0 Å². The van der Waals surface area contributed by atoms with Gasteiger partial charge in [-0.15, -0.1) is 0 Å². The zero-order chi connectivity index (χ0) is 12.8. The number of hydrogen-bond acceptors (Lipinski definition) is 1. The van der Waals surface area contributed by atoms with Crippen LogP contribution in [0, 0.1) is 0 Å². The first-order valence-corrected chi connectivity index (χ1v) is 6.90. The van der Waals surface area contributed by atoms with Gasteiger partial charge in [-0.05, 0) is 11.8 Å². The van der Waals surface area contributed by atoms with Gasteiger partial charge in [-0.3, -0.25) is 0 Å². The molecule has 0 unspecified atom stereocenters. The van der Waals surface area contributed by atoms with E-state index in [2.05, 4.69) is 0 Å². The fraction of sp³-hybridized carbons (Fsp3) is 0.133. The quantitative estimate of drug-likeness (QED) is 0.662. The third-order valence-electron chi connectivity index (χ3n) is 2.64. The van der Waals surface area contributed by atoms with Crippen LogP contribution in [-0.2, 0) is 16.6 Å². The number of thiol groups is 1. The fourth-order valence-electron chi connectivity index (χ4n) is 1.84. The lowest BCUT2D eigenvalue weighted by molar-refractivity contribution is -0.133. The van der Waals surface area contributed by atoms with Crippen LogP contribution in [0.4, 0.5) is 0 Å². The van der Waals surface area contributed by atoms with Gasteiger partial charge in [-0.2, -0.15) is 0 Å². The summed E-state index contributed by atoms with van der Waals surface area (Å²) in [7, 11) is 0. The van der Waals surface area contributed by atoms with Gasteiger partial charge in [-0.1, -0.05) is 60.7 Å². The van der Waals surface area contributed by atoms with Crippen molar-refractivity contribution in [3.05, 3.63) is 71.8 Å². The number of rotatable bonds is 5. The van der Waals surface area contributed by atoms with E-state index in [1.807, 2.05) is 60.7 Å². The molecule has 3 heteroatoms. The van der Waals surface area contributed by atoms with Crippen molar-refractivity contribution in [2.75, 3.05) is 5.75 Å². The van der Waals surface area contributed by atoms with Gasteiger partial charge in [0.05, 0.1) is 0 Å². The summed E-state index contributed by atoms with van der Waals surface area (Å²) in [5, 5.41) is 8.98. The molecule has 0 heterocycles. The molecule has 2 rings (SSSR count). The maximum Gasteiger partial charge on any atom is 0.353 e. The molecule has 92 valence electrons. The molecule has 0 aliphatic heterocycles. The minimum atomic E-state index is -0.756. The molecule has 0 spiro atoms. The first-order valence-electron chi connectivity index (χ1n) is 5.75. The van der Waals surface area contributed by atoms with Gasteiger partial charge >= 0.3 is 5.97 Å². The van der Waals surface area contributed by atoms with Crippen molar-refractivity contribution >= 4 is 17.7 Å². The van der Waals surface area contributed by atoms with Gasteiger partial charge in [-0.25, -0.2) is 4.79 Å². The fourth-order valence-corrected chi connectivity index (χ4v) is 2.95. The molecule has 0 bridgehead atoms. The standard InChI is InChI=1S/C15H14O2S/c16-14(17)11-18-15(12-7-3-1-4-8-12)13-9-5-2-6-10-13/h1-10,15H,11H2,(H,16,17)/p+1. The molecule has 2 aromatic rings. The third kappa shape index (κ3) is 3.37. The van der Waals surface area contributed by atoms with Crippen LogP contribution in [0.15, 0.2) is 60.7 Å². The highest BCUT2D eigenvalue weighted by atomic mass is 32.2. The molecule has 2 aromatic carbocycles. The van der Waals surface area contributed by atoms with Crippen molar-refractivity contribution in [2.45, 2.75) is 5.25 Å². The molecule has 0 aromatic heterocycles. The number of benzene rings is 2. The minimum Gasteiger partial charge on any atom is -0.478 e. The summed E-state index contributed by atoms with van der Waals surface area (Å²) >= 11 is 0.898. The Kier molecular flexibility index (Phi) is 4.42. The average Bonchev–Trinajstić information content (AvgIpc) is 2.41. The van der Waals surface area contributed by atoms with E-state index in [-0.39, 0.29) is 11.0 Å². The second-order valence-electron chi connectivity index (χ2n) is 3.96. The van der Waals surface area contributed by atoms with Crippen LogP contribution in [0.5, 0.6) is 0 Å². The van der Waals surface area contributed by atoms with Crippen LogP contribution in [0.25, 0.3) is 0 Å². The molecule has 0 atom stereocenters. The molecule has 0 amide bonds. The van der Waals surface area contributed by atoms with Crippen molar-refractivity contribution in [3.63, 3.8) is 0 Å². The second-order valence-corrected chi connectivity index (χ2v) is 5.16. The van der Waals surface area contributed by atoms with Gasteiger partial charge in [0.15, 0.2) is 5.25 Å². The zero-order valence-electron chi connectivity index (χ0n) is 9.86. The Morgan fingerprint density at radius 1 is 0.944 bits per heavy atom. The largest absolute Gasteiger partial charge is 0.478 e. The summed E-state index contributed by atoms with van der Waals surface area (Å²) in [6.45, 7) is 0. The molecular weight excluding hydrogens is 244 g/mol. The molecule has 18 heavy (non-hydrogen) atoms. The van der Waals surface area contributed by atoms with Crippen LogP contribution in [0.3, 0.4) is 0 Å². The monoisotopic (exact) mass is 259 g/mol. The van der Waals surface area contributed by atoms with Crippen molar-refractivity contribution < 1.29 is 9.90 Å². The van der Waals surface area contributed by atoms with Crippen LogP contribution >= 0.6 is 0 Å². The summed E-state index contributed by atoms with van der Waals surface area (Å²) < 4.78 is 0. The van der Waals surface area contributed by atoms with E-state index >= 15 is 0 Å². The van der Waals surface area contributed by atoms with Crippen LogP contribution in [0.2, 0.25) is 0 Å². The summed E-state index contributed by atoms with van der Waals surface area (Å²) in [5.41, 5.74) is 2.32. The van der Waals surface area contributed by atoms with Crippen molar-refractivity contribution in [1.82, 2.24) is 0 Å². The van der Waals surface area contributed by atoms with Gasteiger partial charge in [0.2, 0.25) is 5.75 Å². The predicted octanol–water partition coefficient (Wildman–Crippen LogP) is 2.68. The van der Waals surface area contributed by atoms with E-state index in [9.17, 15) is 4.79 Å². The maximum atomic E-state index is 10.8. The summed E-state index contributed by atoms with van der Waals surface area (Å²) in [6.07, 6.45) is 0. The number of carboxylic acids is 1. The van der Waals surface area contributed by atoms with E-state index in [0.717, 1.165) is 22.9 Å². The van der Waals surface area contributed by atoms with Gasteiger partial charge in [0.25, 0.3) is 0 Å². The molecular formula is C15H15O2S+. The van der Waals surface area contributed by atoms with Crippen molar-refractivity contribution in [2.24, 2.45) is 0 Å². The van der Waals surface area contributed by atoms with Crippen LogP contribution in [-0.4, -0.2) is 16.8 Å². The zero-order valence-corrected chi connectivity index (χ0v) is 10.8. The first kappa shape index (κ1) is 12.7. The molecule has 0 saturated heterocycles. The van der Waals surface area contributed by atoms with E-state index in [4.69, 9.17) is 5.11 Å².